The van der Waals surface area contributed by atoms with Crippen LogP contribution in [0.25, 0.3) is 0 Å². The van der Waals surface area contributed by atoms with E-state index in [1.54, 1.807) is 0 Å². The first-order valence-electron chi connectivity index (χ1n) is 9.92. The van der Waals surface area contributed by atoms with Gasteiger partial charge in [0.25, 0.3) is 17.5 Å². The van der Waals surface area contributed by atoms with Crippen LogP contribution in [0.5, 0.6) is 0 Å². The SMILES string of the molecule is CCN(CCCCCN1C(=O)c2ccc([N+](=O)[O-])cc2C1=O)Cc1ccccc1. The van der Waals surface area contributed by atoms with E-state index in [4.69, 9.17) is 0 Å². The number of hydrogen-bond donors (Lipinski definition) is 0. The molecule has 0 spiro atoms. The minimum Gasteiger partial charge on any atom is -0.299 e. The first-order valence-corrected chi connectivity index (χ1v) is 9.92. The Morgan fingerprint density at radius 2 is 1.69 bits per heavy atom. The zero-order chi connectivity index (χ0) is 20.8. The number of benzene rings is 2. The van der Waals surface area contributed by atoms with E-state index in [2.05, 4.69) is 24.0 Å². The zero-order valence-corrected chi connectivity index (χ0v) is 16.5. The number of unbranched alkanes of at least 4 members (excludes halogenated alkanes) is 2. The number of rotatable bonds is 10. The van der Waals surface area contributed by atoms with Gasteiger partial charge in [-0.3, -0.25) is 29.5 Å². The highest BCUT2D eigenvalue weighted by Crippen LogP contribution is 2.27. The summed E-state index contributed by atoms with van der Waals surface area (Å²) < 4.78 is 0. The van der Waals surface area contributed by atoms with Crippen LogP contribution in [0.1, 0.15) is 52.5 Å². The second kappa shape index (κ2) is 9.43. The largest absolute Gasteiger partial charge is 0.299 e. The lowest BCUT2D eigenvalue weighted by molar-refractivity contribution is -0.384. The van der Waals surface area contributed by atoms with Gasteiger partial charge in [0.1, 0.15) is 0 Å². The highest BCUT2D eigenvalue weighted by atomic mass is 16.6. The summed E-state index contributed by atoms with van der Waals surface area (Å²) in [6.45, 7) is 5.31. The van der Waals surface area contributed by atoms with Gasteiger partial charge in [0.15, 0.2) is 0 Å². The number of nitro groups is 1. The lowest BCUT2D eigenvalue weighted by Crippen LogP contribution is -2.31. The van der Waals surface area contributed by atoms with Crippen molar-refractivity contribution in [3.63, 3.8) is 0 Å². The second-order valence-electron chi connectivity index (χ2n) is 7.16. The molecule has 0 unspecified atom stereocenters. The smallest absolute Gasteiger partial charge is 0.270 e. The predicted octanol–water partition coefficient (Wildman–Crippen LogP) is 3.88. The minimum absolute atomic E-state index is 0.129. The van der Waals surface area contributed by atoms with Crippen molar-refractivity contribution in [2.45, 2.75) is 32.7 Å². The van der Waals surface area contributed by atoms with Crippen LogP contribution in [0.3, 0.4) is 0 Å². The van der Waals surface area contributed by atoms with Crippen LogP contribution in [-0.4, -0.2) is 46.2 Å². The van der Waals surface area contributed by atoms with Crippen molar-refractivity contribution in [1.82, 2.24) is 9.80 Å². The number of nitro benzene ring substituents is 1. The van der Waals surface area contributed by atoms with Crippen LogP contribution >= 0.6 is 0 Å². The van der Waals surface area contributed by atoms with Crippen molar-refractivity contribution in [1.29, 1.82) is 0 Å². The van der Waals surface area contributed by atoms with E-state index in [1.165, 1.54) is 28.7 Å². The number of nitrogens with zero attached hydrogens (tertiary/aromatic N) is 3. The summed E-state index contributed by atoms with van der Waals surface area (Å²) in [4.78, 5) is 38.8. The molecular weight excluding hydrogens is 370 g/mol. The lowest BCUT2D eigenvalue weighted by Gasteiger charge is -2.20. The van der Waals surface area contributed by atoms with E-state index in [0.717, 1.165) is 38.9 Å². The molecule has 0 N–H and O–H groups in total. The number of hydrogen-bond acceptors (Lipinski definition) is 5. The lowest BCUT2D eigenvalue weighted by atomic mass is 10.1. The van der Waals surface area contributed by atoms with E-state index >= 15 is 0 Å². The standard InChI is InChI=1S/C22H25N3O4/c1-2-23(16-17-9-5-3-6-10-17)13-7-4-8-14-24-21(26)19-12-11-18(25(28)29)15-20(19)22(24)27/h3,5-6,9-12,15H,2,4,7-8,13-14,16H2,1H3. The van der Waals surface area contributed by atoms with Gasteiger partial charge in [-0.2, -0.15) is 0 Å². The van der Waals surface area contributed by atoms with E-state index in [-0.39, 0.29) is 22.7 Å². The number of carbonyl (C=O) groups is 2. The number of carbonyl (C=O) groups excluding carboxylic acids is 2. The van der Waals surface area contributed by atoms with Crippen LogP contribution in [-0.2, 0) is 6.54 Å². The molecule has 2 aromatic rings. The summed E-state index contributed by atoms with van der Waals surface area (Å²) in [5.41, 5.74) is 1.49. The summed E-state index contributed by atoms with van der Waals surface area (Å²) in [6, 6.07) is 14.2. The molecule has 0 radical (unpaired) electrons. The molecule has 7 nitrogen and oxygen atoms in total. The minimum atomic E-state index is -0.560. The maximum absolute atomic E-state index is 12.5. The third-order valence-electron chi connectivity index (χ3n) is 5.22. The summed E-state index contributed by atoms with van der Waals surface area (Å²) in [5.74, 6) is -0.799. The number of non-ortho nitro benzene ring substituents is 1. The Kier molecular flexibility index (Phi) is 6.72. The average molecular weight is 395 g/mol. The van der Waals surface area contributed by atoms with Gasteiger partial charge in [0.2, 0.25) is 0 Å². The van der Waals surface area contributed by atoms with Gasteiger partial charge in [-0.05, 0) is 37.6 Å². The van der Waals surface area contributed by atoms with Gasteiger partial charge >= 0.3 is 0 Å². The average Bonchev–Trinajstić information content (AvgIpc) is 2.97. The van der Waals surface area contributed by atoms with Crippen LogP contribution in [0, 0.1) is 10.1 Å². The zero-order valence-electron chi connectivity index (χ0n) is 16.5. The Labute approximate surface area is 170 Å². The topological polar surface area (TPSA) is 83.8 Å². The van der Waals surface area contributed by atoms with Crippen molar-refractivity contribution in [2.24, 2.45) is 0 Å². The summed E-state index contributed by atoms with van der Waals surface area (Å²) in [6.07, 6.45) is 2.60. The molecular formula is C22H25N3O4. The third kappa shape index (κ3) is 4.86. The number of amides is 2. The van der Waals surface area contributed by atoms with Crippen LogP contribution in [0.15, 0.2) is 48.5 Å². The van der Waals surface area contributed by atoms with Crippen molar-refractivity contribution >= 4 is 17.5 Å². The third-order valence-corrected chi connectivity index (χ3v) is 5.22. The van der Waals surface area contributed by atoms with Crippen LogP contribution in [0.4, 0.5) is 5.69 Å². The summed E-state index contributed by atoms with van der Waals surface area (Å²) in [5, 5.41) is 10.9. The van der Waals surface area contributed by atoms with Crippen LogP contribution in [0.2, 0.25) is 0 Å². The van der Waals surface area contributed by atoms with Gasteiger partial charge in [-0.25, -0.2) is 0 Å². The Balaban J connectivity index is 1.46. The van der Waals surface area contributed by atoms with Gasteiger partial charge in [-0.15, -0.1) is 0 Å². The van der Waals surface area contributed by atoms with Crippen molar-refractivity contribution in [2.75, 3.05) is 19.6 Å². The molecule has 1 aliphatic heterocycles. The van der Waals surface area contributed by atoms with Crippen molar-refractivity contribution in [3.05, 3.63) is 75.3 Å². The fourth-order valence-electron chi connectivity index (χ4n) is 3.57. The van der Waals surface area contributed by atoms with Gasteiger partial charge < -0.3 is 0 Å². The van der Waals surface area contributed by atoms with E-state index in [9.17, 15) is 19.7 Å². The molecule has 0 aliphatic carbocycles. The molecule has 29 heavy (non-hydrogen) atoms. The quantitative estimate of drug-likeness (QED) is 0.264. The normalized spacial score (nSPS) is 13.2. The second-order valence-corrected chi connectivity index (χ2v) is 7.16. The Hall–Kier alpha value is -3.06. The maximum atomic E-state index is 12.5. The molecule has 0 bridgehead atoms. The Morgan fingerprint density at radius 3 is 2.38 bits per heavy atom. The summed E-state index contributed by atoms with van der Waals surface area (Å²) >= 11 is 0. The predicted molar refractivity (Wildman–Crippen MR) is 110 cm³/mol. The van der Waals surface area contributed by atoms with E-state index < -0.39 is 10.8 Å². The monoisotopic (exact) mass is 395 g/mol. The number of fused-ring (bicyclic) bond motifs is 1. The molecule has 0 atom stereocenters. The molecule has 1 aliphatic rings. The molecule has 0 fully saturated rings. The fourth-order valence-corrected chi connectivity index (χ4v) is 3.57. The number of imide groups is 1. The molecule has 7 heteroatoms. The molecule has 2 amide bonds. The molecule has 152 valence electrons. The van der Waals surface area contributed by atoms with Crippen molar-refractivity contribution in [3.8, 4) is 0 Å². The first-order chi connectivity index (χ1) is 14.0. The first kappa shape index (κ1) is 20.7. The molecule has 0 aromatic heterocycles. The Morgan fingerprint density at radius 1 is 0.966 bits per heavy atom. The highest BCUT2D eigenvalue weighted by Gasteiger charge is 2.36. The van der Waals surface area contributed by atoms with Gasteiger partial charge in [0.05, 0.1) is 16.1 Å². The van der Waals surface area contributed by atoms with Crippen molar-refractivity contribution < 1.29 is 14.5 Å². The van der Waals surface area contributed by atoms with E-state index in [0.29, 0.717) is 6.54 Å². The highest BCUT2D eigenvalue weighted by molar-refractivity contribution is 6.21. The molecule has 0 saturated heterocycles. The van der Waals surface area contributed by atoms with Gasteiger partial charge in [-0.1, -0.05) is 43.7 Å². The van der Waals surface area contributed by atoms with E-state index in [1.807, 2.05) is 18.2 Å². The Bertz CT molecular complexity index is 898. The summed E-state index contributed by atoms with van der Waals surface area (Å²) in [7, 11) is 0. The van der Waals surface area contributed by atoms with Gasteiger partial charge in [0, 0.05) is 25.2 Å². The molecule has 3 rings (SSSR count). The molecule has 1 heterocycles. The molecule has 2 aromatic carbocycles. The maximum Gasteiger partial charge on any atom is 0.270 e. The van der Waals surface area contributed by atoms with Crippen LogP contribution < -0.4 is 0 Å². The molecule has 0 saturated carbocycles. The fraction of sp³-hybridized carbons (Fsp3) is 0.364.